The molecule has 2 saturated heterocycles. The van der Waals surface area contributed by atoms with Gasteiger partial charge in [0.1, 0.15) is 12.0 Å². The maximum atomic E-state index is 14.6. The highest BCUT2D eigenvalue weighted by Crippen LogP contribution is 2.39. The Balaban J connectivity index is 1.62. The smallest absolute Gasteiger partial charge is 0.411 e. The van der Waals surface area contributed by atoms with Gasteiger partial charge in [0, 0.05) is 31.3 Å². The molecule has 1 amide bonds. The van der Waals surface area contributed by atoms with E-state index >= 15 is 0 Å². The maximum absolute atomic E-state index is 14.6. The lowest BCUT2D eigenvalue weighted by Gasteiger charge is -2.48. The number of hydrogen-bond donors (Lipinski definition) is 1. The minimum atomic E-state index is -1.54. The predicted molar refractivity (Wildman–Crippen MR) is 221 cm³/mol. The molecule has 9 atom stereocenters. The van der Waals surface area contributed by atoms with E-state index in [0.29, 0.717) is 43.5 Å². The Labute approximate surface area is 345 Å². The zero-order valence-electron chi connectivity index (χ0n) is 36.2. The van der Waals surface area contributed by atoms with Crippen LogP contribution in [0.2, 0.25) is 0 Å². The van der Waals surface area contributed by atoms with Crippen molar-refractivity contribution < 1.29 is 47.6 Å². The van der Waals surface area contributed by atoms with Crippen molar-refractivity contribution in [2.24, 2.45) is 17.3 Å². The Morgan fingerprint density at radius 1 is 0.983 bits per heavy atom. The lowest BCUT2D eigenvalue weighted by molar-refractivity contribution is -0.295. The summed E-state index contributed by atoms with van der Waals surface area (Å²) in [6, 6.07) is 17.4. The molecule has 2 heterocycles. The molecule has 2 aromatic carbocycles. The zero-order chi connectivity index (χ0) is 42.6. The second-order valence-corrected chi connectivity index (χ2v) is 17.0. The number of carbonyl (C=O) groups excluding carboxylic acids is 4. The molecule has 0 saturated carbocycles. The van der Waals surface area contributed by atoms with Crippen LogP contribution in [0.15, 0.2) is 60.7 Å². The van der Waals surface area contributed by atoms with Gasteiger partial charge >= 0.3 is 18.0 Å². The molecule has 13 nitrogen and oxygen atoms in total. The molecule has 0 aromatic heterocycles. The third-order valence-corrected chi connectivity index (χ3v) is 11.5. The van der Waals surface area contributed by atoms with E-state index in [9.17, 15) is 19.2 Å². The van der Waals surface area contributed by atoms with Crippen LogP contribution in [0, 0.1) is 17.3 Å². The number of cyclic esters (lactones) is 1. The Kier molecular flexibility index (Phi) is 17.3. The second kappa shape index (κ2) is 21.4. The molecule has 58 heavy (non-hydrogen) atoms. The molecule has 0 unspecified atom stereocenters. The number of para-hydroxylation sites is 1. The molecule has 2 aliphatic heterocycles. The van der Waals surface area contributed by atoms with Crippen LogP contribution in [-0.4, -0.2) is 123 Å². The second-order valence-electron chi connectivity index (χ2n) is 17.0. The van der Waals surface area contributed by atoms with Crippen LogP contribution in [0.4, 0.5) is 10.5 Å². The van der Waals surface area contributed by atoms with Gasteiger partial charge in [0.25, 0.3) is 0 Å². The van der Waals surface area contributed by atoms with Gasteiger partial charge in [-0.3, -0.25) is 19.8 Å². The largest absolute Gasteiger partial charge is 0.463 e. The topological polar surface area (TPSA) is 142 Å². The summed E-state index contributed by atoms with van der Waals surface area (Å²) >= 11 is 0. The summed E-state index contributed by atoms with van der Waals surface area (Å²) in [7, 11) is 5.46. The van der Waals surface area contributed by atoms with Crippen molar-refractivity contribution in [2.75, 3.05) is 52.8 Å². The first-order chi connectivity index (χ1) is 27.5. The number of Topliss-reactive ketones (excluding diaryl/α,β-unsaturated/α-hetero) is 1. The van der Waals surface area contributed by atoms with Crippen molar-refractivity contribution in [1.29, 1.82) is 0 Å². The van der Waals surface area contributed by atoms with E-state index in [-0.39, 0.29) is 43.1 Å². The van der Waals surface area contributed by atoms with Gasteiger partial charge in [-0.05, 0) is 111 Å². The summed E-state index contributed by atoms with van der Waals surface area (Å²) in [5.74, 6) is -2.37. The Morgan fingerprint density at radius 3 is 2.26 bits per heavy atom. The number of ether oxygens (including phenoxy) is 6. The van der Waals surface area contributed by atoms with E-state index in [1.165, 1.54) is 0 Å². The number of amides is 1. The van der Waals surface area contributed by atoms with Crippen LogP contribution in [0.5, 0.6) is 0 Å². The molecule has 0 spiro atoms. The molecule has 1 N–H and O–H groups in total. The number of nitrogens with one attached hydrogen (secondary N) is 1. The number of methoxy groups -OCH3 is 1. The van der Waals surface area contributed by atoms with Crippen molar-refractivity contribution in [1.82, 2.24) is 9.80 Å². The van der Waals surface area contributed by atoms with Crippen molar-refractivity contribution in [3.05, 3.63) is 66.2 Å². The molecule has 4 rings (SSSR count). The summed E-state index contributed by atoms with van der Waals surface area (Å²) in [5.41, 5.74) is -1.55. The predicted octanol–water partition coefficient (Wildman–Crippen LogP) is 6.99. The summed E-state index contributed by atoms with van der Waals surface area (Å²) < 4.78 is 37.5. The van der Waals surface area contributed by atoms with Crippen molar-refractivity contribution in [3.8, 4) is 0 Å². The monoisotopic (exact) mass is 809 g/mol. The van der Waals surface area contributed by atoms with Gasteiger partial charge in [0.15, 0.2) is 18.2 Å². The molecule has 0 bridgehead atoms. The van der Waals surface area contributed by atoms with E-state index in [2.05, 4.69) is 24.1 Å². The van der Waals surface area contributed by atoms with E-state index in [1.54, 1.807) is 64.3 Å². The van der Waals surface area contributed by atoms with Crippen molar-refractivity contribution in [3.63, 3.8) is 0 Å². The third-order valence-electron chi connectivity index (χ3n) is 11.5. The van der Waals surface area contributed by atoms with E-state index in [0.717, 1.165) is 13.0 Å². The number of anilines is 1. The zero-order valence-corrected chi connectivity index (χ0v) is 36.2. The maximum Gasteiger partial charge on any atom is 0.411 e. The first kappa shape index (κ1) is 46.8. The van der Waals surface area contributed by atoms with Gasteiger partial charge in [-0.15, -0.1) is 0 Å². The van der Waals surface area contributed by atoms with Gasteiger partial charge in [-0.25, -0.2) is 9.59 Å². The fourth-order valence-corrected chi connectivity index (χ4v) is 8.34. The Bertz CT molecular complexity index is 1620. The normalized spacial score (nSPS) is 30.0. The van der Waals surface area contributed by atoms with Gasteiger partial charge in [-0.2, -0.15) is 0 Å². The standard InChI is InChI=1S/C45H67N3O10/c1-11-24-48-28-30(2)27-45(7,53-10)39(58-41-37(36(47(8)9)26-31(3)56-41)57-40(50)33-19-14-12-15-20-33)32(4)38(49)44(5,6)42(51)55-29-35(48)23-18-25-54-43(52)46-34-21-16-13-17-22-34/h12-17,19-22,30-32,35-37,39,41H,11,18,23-29H2,1-10H3,(H,46,52)/t30-,31-,32+,35-,36+,37-,39-,41+,45-/m1/s1. The van der Waals surface area contributed by atoms with Crippen molar-refractivity contribution >= 4 is 29.5 Å². The lowest BCUT2D eigenvalue weighted by atomic mass is 9.74. The third kappa shape index (κ3) is 12.3. The number of hydrogen-bond acceptors (Lipinski definition) is 12. The SMILES string of the molecule is CCCN1C[C@H](C)C[C@@](C)(OC)[C@H](O[C@@H]2O[C@H](C)C[C@H](N(C)C)[C@H]2OC(=O)c2ccccc2)[C@@H](C)C(=O)C(C)(C)C(=O)OC[C@H]1CCCOC(=O)Nc1ccccc1. The van der Waals surface area contributed by atoms with Crippen LogP contribution < -0.4 is 5.32 Å². The number of likely N-dealkylation sites (N-methyl/N-ethyl adjacent to an activating group) is 1. The molecule has 0 radical (unpaired) electrons. The molecule has 322 valence electrons. The molecular formula is C45H67N3O10. The first-order valence-corrected chi connectivity index (χ1v) is 20.7. The van der Waals surface area contributed by atoms with Crippen LogP contribution in [0.3, 0.4) is 0 Å². The summed E-state index contributed by atoms with van der Waals surface area (Å²) in [5, 5.41) is 2.73. The van der Waals surface area contributed by atoms with E-state index in [4.69, 9.17) is 28.4 Å². The van der Waals surface area contributed by atoms with Gasteiger partial charge in [0.2, 0.25) is 0 Å². The number of nitrogens with zero attached hydrogens (tertiary/aromatic N) is 2. The lowest BCUT2D eigenvalue weighted by Crippen LogP contribution is -2.60. The van der Waals surface area contributed by atoms with E-state index < -0.39 is 53.5 Å². The van der Waals surface area contributed by atoms with E-state index in [1.807, 2.05) is 57.1 Å². The average molecular weight is 810 g/mol. The highest BCUT2D eigenvalue weighted by atomic mass is 16.7. The number of ketones is 1. The van der Waals surface area contributed by atoms with Crippen LogP contribution >= 0.6 is 0 Å². The fraction of sp³-hybridized carbons (Fsp3) is 0.644. The average Bonchev–Trinajstić information content (AvgIpc) is 3.19. The van der Waals surface area contributed by atoms with Crippen LogP contribution in [0.25, 0.3) is 0 Å². The molecule has 2 aromatic rings. The van der Waals surface area contributed by atoms with Crippen LogP contribution in [-0.2, 0) is 38.0 Å². The van der Waals surface area contributed by atoms with Crippen molar-refractivity contribution in [2.45, 2.75) is 123 Å². The molecule has 2 fully saturated rings. The first-order valence-electron chi connectivity index (χ1n) is 20.7. The van der Waals surface area contributed by atoms with Gasteiger partial charge in [-0.1, -0.05) is 57.2 Å². The molecule has 0 aliphatic carbocycles. The number of esters is 2. The highest BCUT2D eigenvalue weighted by molar-refractivity contribution is 6.04. The fourth-order valence-electron chi connectivity index (χ4n) is 8.34. The quantitative estimate of drug-likeness (QED) is 0.0965. The summed E-state index contributed by atoms with van der Waals surface area (Å²) in [6.45, 7) is 14.7. The Morgan fingerprint density at radius 2 is 1.64 bits per heavy atom. The number of rotatable bonds is 13. The number of carbonyl (C=O) groups is 4. The minimum absolute atomic E-state index is 0.0252. The molecule has 13 heteroatoms. The Hall–Kier alpha value is -3.88. The molecule has 2 aliphatic rings. The summed E-state index contributed by atoms with van der Waals surface area (Å²) in [6.07, 6.45) is -0.579. The minimum Gasteiger partial charge on any atom is -0.463 e. The summed E-state index contributed by atoms with van der Waals surface area (Å²) in [4.78, 5) is 58.9. The van der Waals surface area contributed by atoms with Crippen LogP contribution in [0.1, 0.15) is 90.9 Å². The van der Waals surface area contributed by atoms with Gasteiger partial charge < -0.3 is 33.3 Å². The van der Waals surface area contributed by atoms with Gasteiger partial charge in [0.05, 0.1) is 36.0 Å². The number of benzene rings is 2. The highest BCUT2D eigenvalue weighted by Gasteiger charge is 2.52. The molecular weight excluding hydrogens is 743 g/mol.